The predicted octanol–water partition coefficient (Wildman–Crippen LogP) is 3.68. The van der Waals surface area contributed by atoms with E-state index in [1.807, 2.05) is 49.5 Å². The van der Waals surface area contributed by atoms with Crippen LogP contribution in [0.5, 0.6) is 0 Å². The van der Waals surface area contributed by atoms with Crippen LogP contribution in [0, 0.1) is 10.1 Å². The number of amidine groups is 1. The minimum Gasteiger partial charge on any atom is -0.351 e. The molecule has 112 valence electrons. The van der Waals surface area contributed by atoms with Crippen LogP contribution in [0.4, 0.5) is 5.69 Å². The third kappa shape index (κ3) is 2.82. The Morgan fingerprint density at radius 2 is 1.86 bits per heavy atom. The first-order chi connectivity index (χ1) is 10.7. The van der Waals surface area contributed by atoms with Crippen molar-refractivity contribution in [2.75, 3.05) is 12.8 Å². The van der Waals surface area contributed by atoms with E-state index in [0.717, 1.165) is 22.7 Å². The van der Waals surface area contributed by atoms with E-state index in [2.05, 4.69) is 9.30 Å². The van der Waals surface area contributed by atoms with Crippen LogP contribution in [-0.2, 0) is 0 Å². The molecule has 1 aliphatic rings. The predicted molar refractivity (Wildman–Crippen MR) is 89.0 cm³/mol. The van der Waals surface area contributed by atoms with E-state index in [-0.39, 0.29) is 16.7 Å². The average molecular weight is 313 g/mol. The van der Waals surface area contributed by atoms with Crippen molar-refractivity contribution in [3.63, 3.8) is 0 Å². The number of non-ortho nitro benzene ring substituents is 1. The first-order valence-electron chi connectivity index (χ1n) is 6.89. The summed E-state index contributed by atoms with van der Waals surface area (Å²) >= 11 is 1.53. The van der Waals surface area contributed by atoms with Gasteiger partial charge in [-0.2, -0.15) is 4.40 Å². The molecule has 1 heterocycles. The first kappa shape index (κ1) is 14.6. The van der Waals surface area contributed by atoms with Crippen LogP contribution in [-0.4, -0.2) is 28.5 Å². The van der Waals surface area contributed by atoms with Crippen LogP contribution in [0.3, 0.4) is 0 Å². The molecular weight excluding hydrogens is 298 g/mol. The molecule has 0 radical (unpaired) electrons. The van der Waals surface area contributed by atoms with Gasteiger partial charge in [0.25, 0.3) is 5.69 Å². The molecule has 0 saturated heterocycles. The normalized spacial score (nSPS) is 18.0. The molecule has 0 saturated carbocycles. The van der Waals surface area contributed by atoms with Gasteiger partial charge in [-0.1, -0.05) is 42.5 Å². The van der Waals surface area contributed by atoms with Crippen LogP contribution < -0.4 is 0 Å². The summed E-state index contributed by atoms with van der Waals surface area (Å²) in [5.74, 6) is 1.75. The lowest BCUT2D eigenvalue weighted by Crippen LogP contribution is -2.35. The molecule has 0 amide bonds. The highest BCUT2D eigenvalue weighted by Gasteiger charge is 2.25. The summed E-state index contributed by atoms with van der Waals surface area (Å²) in [6.45, 7) is 0. The Morgan fingerprint density at radius 1 is 1.18 bits per heavy atom. The Balaban J connectivity index is 1.87. The number of rotatable bonds is 3. The first-order valence-corrected chi connectivity index (χ1v) is 7.83. The molecule has 0 N–H and O–H groups in total. The summed E-state index contributed by atoms with van der Waals surface area (Å²) in [6.07, 6.45) is 0. The monoisotopic (exact) mass is 313 g/mol. The topological polar surface area (TPSA) is 58.7 Å². The van der Waals surface area contributed by atoms with Gasteiger partial charge in [-0.15, -0.1) is 0 Å². The fourth-order valence-electron chi connectivity index (χ4n) is 2.47. The van der Waals surface area contributed by atoms with Gasteiger partial charge < -0.3 is 4.90 Å². The van der Waals surface area contributed by atoms with E-state index in [1.54, 1.807) is 12.1 Å². The summed E-state index contributed by atoms with van der Waals surface area (Å²) in [4.78, 5) is 12.5. The van der Waals surface area contributed by atoms with Gasteiger partial charge in [0.2, 0.25) is 0 Å². The number of hydrogen-bond donors (Lipinski definition) is 0. The molecule has 0 spiro atoms. The van der Waals surface area contributed by atoms with Crippen LogP contribution in [0.2, 0.25) is 0 Å². The van der Waals surface area contributed by atoms with Crippen molar-refractivity contribution in [1.82, 2.24) is 4.90 Å². The summed E-state index contributed by atoms with van der Waals surface area (Å²) in [5, 5.41) is 10.8. The maximum Gasteiger partial charge on any atom is 0.269 e. The highest BCUT2D eigenvalue weighted by molar-refractivity contribution is 7.98. The molecule has 0 bridgehead atoms. The largest absolute Gasteiger partial charge is 0.351 e. The zero-order chi connectivity index (χ0) is 15.5. The Labute approximate surface area is 133 Å². The van der Waals surface area contributed by atoms with E-state index < -0.39 is 0 Å². The van der Waals surface area contributed by atoms with Gasteiger partial charge in [0.1, 0.15) is 5.84 Å². The van der Waals surface area contributed by atoms with E-state index in [0.29, 0.717) is 0 Å². The van der Waals surface area contributed by atoms with Crippen molar-refractivity contribution in [2.45, 2.75) is 6.04 Å². The zero-order valence-electron chi connectivity index (χ0n) is 12.0. The van der Waals surface area contributed by atoms with Crippen molar-refractivity contribution in [3.05, 3.63) is 75.8 Å². The SMILES string of the molecule is CN1C(c2ccccc2)=NSCC1c1ccc([N+](=O)[O-])cc1. The van der Waals surface area contributed by atoms with E-state index in [9.17, 15) is 10.1 Å². The zero-order valence-corrected chi connectivity index (χ0v) is 12.9. The molecule has 3 rings (SSSR count). The molecule has 0 aromatic heterocycles. The second kappa shape index (κ2) is 6.19. The number of benzene rings is 2. The van der Waals surface area contributed by atoms with Crippen molar-refractivity contribution in [2.24, 2.45) is 4.40 Å². The van der Waals surface area contributed by atoms with Crippen molar-refractivity contribution < 1.29 is 4.92 Å². The smallest absolute Gasteiger partial charge is 0.269 e. The molecule has 6 heteroatoms. The Kier molecular flexibility index (Phi) is 4.11. The van der Waals surface area contributed by atoms with E-state index in [1.165, 1.54) is 11.9 Å². The lowest BCUT2D eigenvalue weighted by atomic mass is 10.1. The molecule has 22 heavy (non-hydrogen) atoms. The molecule has 0 fully saturated rings. The van der Waals surface area contributed by atoms with Gasteiger partial charge in [0, 0.05) is 30.5 Å². The van der Waals surface area contributed by atoms with Crippen molar-refractivity contribution in [1.29, 1.82) is 0 Å². The van der Waals surface area contributed by atoms with Crippen LogP contribution in [0.1, 0.15) is 17.2 Å². The Hall–Kier alpha value is -2.34. The molecule has 2 aromatic rings. The summed E-state index contributed by atoms with van der Waals surface area (Å²) in [6, 6.07) is 17.0. The Bertz CT molecular complexity index is 701. The van der Waals surface area contributed by atoms with Gasteiger partial charge in [-0.05, 0) is 17.5 Å². The lowest BCUT2D eigenvalue weighted by molar-refractivity contribution is -0.384. The number of nitro groups is 1. The standard InChI is InChI=1S/C16H15N3O2S/c1-18-15(12-7-9-14(10-8-12)19(20)21)11-22-17-16(18)13-5-3-2-4-6-13/h2-10,15H,11H2,1H3. The minimum absolute atomic E-state index is 0.117. The fraction of sp³-hybridized carbons (Fsp3) is 0.188. The maximum absolute atomic E-state index is 10.8. The second-order valence-corrected chi connectivity index (χ2v) is 5.83. The van der Waals surface area contributed by atoms with Crippen LogP contribution >= 0.6 is 11.9 Å². The van der Waals surface area contributed by atoms with Gasteiger partial charge in [0.05, 0.1) is 11.0 Å². The highest BCUT2D eigenvalue weighted by Crippen LogP contribution is 2.32. The van der Waals surface area contributed by atoms with E-state index in [4.69, 9.17) is 0 Å². The molecule has 0 aliphatic carbocycles. The molecule has 1 unspecified atom stereocenters. The number of hydrogen-bond acceptors (Lipinski definition) is 5. The molecule has 1 aliphatic heterocycles. The third-order valence-electron chi connectivity index (χ3n) is 3.71. The summed E-state index contributed by atoms with van der Waals surface area (Å²) in [5.41, 5.74) is 2.25. The minimum atomic E-state index is -0.375. The van der Waals surface area contributed by atoms with Crippen molar-refractivity contribution >= 4 is 23.5 Å². The fourth-order valence-corrected chi connectivity index (χ4v) is 3.46. The number of nitrogens with zero attached hydrogens (tertiary/aromatic N) is 3. The summed E-state index contributed by atoms with van der Waals surface area (Å²) in [7, 11) is 2.01. The van der Waals surface area contributed by atoms with E-state index >= 15 is 0 Å². The molecule has 5 nitrogen and oxygen atoms in total. The molecular formula is C16H15N3O2S. The Morgan fingerprint density at radius 3 is 2.50 bits per heavy atom. The lowest BCUT2D eigenvalue weighted by Gasteiger charge is -2.33. The number of nitro benzene ring substituents is 1. The summed E-state index contributed by atoms with van der Waals surface area (Å²) < 4.78 is 4.55. The van der Waals surface area contributed by atoms with Gasteiger partial charge in [-0.3, -0.25) is 10.1 Å². The highest BCUT2D eigenvalue weighted by atomic mass is 32.2. The molecule has 2 aromatic carbocycles. The molecule has 1 atom stereocenters. The third-order valence-corrected chi connectivity index (χ3v) is 4.47. The quantitative estimate of drug-likeness (QED) is 0.493. The van der Waals surface area contributed by atoms with Gasteiger partial charge in [0.15, 0.2) is 0 Å². The average Bonchev–Trinajstić information content (AvgIpc) is 2.56. The maximum atomic E-state index is 10.8. The second-order valence-electron chi connectivity index (χ2n) is 5.05. The van der Waals surface area contributed by atoms with Crippen LogP contribution in [0.25, 0.3) is 0 Å². The van der Waals surface area contributed by atoms with Crippen LogP contribution in [0.15, 0.2) is 59.0 Å². The van der Waals surface area contributed by atoms with Crippen molar-refractivity contribution in [3.8, 4) is 0 Å². The van der Waals surface area contributed by atoms with Gasteiger partial charge >= 0.3 is 0 Å². The van der Waals surface area contributed by atoms with Gasteiger partial charge in [-0.25, -0.2) is 0 Å².